The van der Waals surface area contributed by atoms with E-state index in [2.05, 4.69) is 118 Å². The van der Waals surface area contributed by atoms with Gasteiger partial charge in [-0.25, -0.2) is 0 Å². The monoisotopic (exact) mass is 541 g/mol. The van der Waals surface area contributed by atoms with Gasteiger partial charge in [0.2, 0.25) is 0 Å². The molecule has 0 bridgehead atoms. The average Bonchev–Trinajstić information content (AvgIpc) is 3.68. The van der Waals surface area contributed by atoms with E-state index in [0.717, 1.165) is 50.1 Å². The number of hydrogen-bond donors (Lipinski definition) is 0. The molecule has 1 aliphatic carbocycles. The predicted molar refractivity (Wildman–Crippen MR) is 173 cm³/mol. The summed E-state index contributed by atoms with van der Waals surface area (Å²) in [7, 11) is 0. The maximum Gasteiger partial charge on any atom is 0.152 e. The lowest BCUT2D eigenvalue weighted by Crippen LogP contribution is -2.12. The summed E-state index contributed by atoms with van der Waals surface area (Å²) in [6.45, 7) is 6.80. The maximum absolute atomic E-state index is 6.57. The first-order chi connectivity index (χ1) is 20.4. The van der Waals surface area contributed by atoms with Gasteiger partial charge in [0.05, 0.1) is 18.2 Å². The molecule has 3 nitrogen and oxygen atoms in total. The van der Waals surface area contributed by atoms with Gasteiger partial charge < -0.3 is 8.83 Å². The molecule has 0 amide bonds. The normalized spacial score (nSPS) is 12.6. The van der Waals surface area contributed by atoms with E-state index in [1.807, 2.05) is 12.5 Å². The topological polar surface area (TPSA) is 39.2 Å². The number of furan rings is 2. The van der Waals surface area contributed by atoms with Crippen LogP contribution in [0.25, 0.3) is 88.3 Å². The number of aromatic nitrogens is 1. The highest BCUT2D eigenvalue weighted by atomic mass is 16.3. The van der Waals surface area contributed by atoms with Gasteiger partial charge in [0.25, 0.3) is 0 Å². The number of benzene rings is 5. The van der Waals surface area contributed by atoms with E-state index >= 15 is 0 Å². The second kappa shape index (κ2) is 8.20. The summed E-state index contributed by atoms with van der Waals surface area (Å²) < 4.78 is 12.6. The Bertz CT molecular complexity index is 2390. The minimum atomic E-state index is 0.00525. The van der Waals surface area contributed by atoms with Gasteiger partial charge in [0.15, 0.2) is 5.58 Å². The predicted octanol–water partition coefficient (Wildman–Crippen LogP) is 11.2. The first-order valence-electron chi connectivity index (χ1n) is 14.4. The minimum Gasteiger partial charge on any atom is -0.462 e. The first-order valence-corrected chi connectivity index (χ1v) is 14.4. The third kappa shape index (κ3) is 3.25. The van der Waals surface area contributed by atoms with Gasteiger partial charge in [-0.3, -0.25) is 4.98 Å². The van der Waals surface area contributed by atoms with E-state index in [1.165, 1.54) is 43.8 Å². The van der Waals surface area contributed by atoms with Gasteiger partial charge in [0.1, 0.15) is 11.3 Å². The van der Waals surface area contributed by atoms with Crippen molar-refractivity contribution in [1.29, 1.82) is 0 Å². The SMILES string of the molecule is CC(C)(C)c1cc(-c2cc3c(-c4ccc5c6c(oc5c4)-c4cccc5cccc-6c45)coc3cn2)cc2ccccc12. The van der Waals surface area contributed by atoms with Gasteiger partial charge in [-0.15, -0.1) is 0 Å². The van der Waals surface area contributed by atoms with Crippen molar-refractivity contribution in [2.24, 2.45) is 0 Å². The average molecular weight is 542 g/mol. The van der Waals surface area contributed by atoms with E-state index in [0.29, 0.717) is 0 Å². The lowest BCUT2D eigenvalue weighted by Gasteiger charge is -2.22. The lowest BCUT2D eigenvalue weighted by atomic mass is 9.82. The lowest BCUT2D eigenvalue weighted by molar-refractivity contribution is 0.596. The molecule has 5 aromatic carbocycles. The van der Waals surface area contributed by atoms with Crippen LogP contribution >= 0.6 is 0 Å². The van der Waals surface area contributed by atoms with E-state index in [-0.39, 0.29) is 5.41 Å². The maximum atomic E-state index is 6.57. The van der Waals surface area contributed by atoms with Crippen LogP contribution in [0, 0.1) is 0 Å². The van der Waals surface area contributed by atoms with Crippen LogP contribution in [0.4, 0.5) is 0 Å². The standard InChI is InChI=1S/C39H27NO2/c1-39(2,3)32-17-25(16-23-8-4-5-11-26(23)32)33-19-30-31(21-41-35(30)20-40-33)24-14-15-27-34(18-24)42-38-29-13-7-10-22-9-6-12-28(36(22)29)37(27)38/h4-21H,1-3H3. The third-order valence-corrected chi connectivity index (χ3v) is 8.85. The molecule has 0 aliphatic heterocycles. The van der Waals surface area contributed by atoms with Gasteiger partial charge in [0, 0.05) is 38.4 Å². The highest BCUT2D eigenvalue weighted by Crippen LogP contribution is 2.52. The van der Waals surface area contributed by atoms with Crippen LogP contribution in [-0.2, 0) is 5.41 Å². The summed E-state index contributed by atoms with van der Waals surface area (Å²) in [5.74, 6) is 0.962. The molecule has 200 valence electrons. The number of nitrogens with zero attached hydrogens (tertiary/aromatic N) is 1. The van der Waals surface area contributed by atoms with Gasteiger partial charge in [-0.1, -0.05) is 87.5 Å². The molecular weight excluding hydrogens is 514 g/mol. The Morgan fingerprint density at radius 1 is 0.619 bits per heavy atom. The smallest absolute Gasteiger partial charge is 0.152 e. The quantitative estimate of drug-likeness (QED) is 0.218. The molecular formula is C39H27NO2. The van der Waals surface area contributed by atoms with Crippen molar-refractivity contribution < 1.29 is 8.83 Å². The molecule has 3 heteroatoms. The Morgan fingerprint density at radius 3 is 2.29 bits per heavy atom. The van der Waals surface area contributed by atoms with Crippen LogP contribution in [0.2, 0.25) is 0 Å². The summed E-state index contributed by atoms with van der Waals surface area (Å²) >= 11 is 0. The van der Waals surface area contributed by atoms with Gasteiger partial charge in [-0.2, -0.15) is 0 Å². The molecule has 0 unspecified atom stereocenters. The molecule has 0 saturated carbocycles. The Morgan fingerprint density at radius 2 is 1.43 bits per heavy atom. The highest BCUT2D eigenvalue weighted by Gasteiger charge is 2.28. The van der Waals surface area contributed by atoms with Crippen molar-refractivity contribution in [1.82, 2.24) is 4.98 Å². The second-order valence-electron chi connectivity index (χ2n) is 12.4. The molecule has 9 rings (SSSR count). The summed E-state index contributed by atoms with van der Waals surface area (Å²) in [6.07, 6.45) is 3.68. The first kappa shape index (κ1) is 23.5. The number of rotatable bonds is 2. The van der Waals surface area contributed by atoms with Crippen LogP contribution in [-0.4, -0.2) is 4.98 Å². The molecule has 0 N–H and O–H groups in total. The van der Waals surface area contributed by atoms with Crippen LogP contribution in [0.1, 0.15) is 26.3 Å². The van der Waals surface area contributed by atoms with E-state index in [9.17, 15) is 0 Å². The molecule has 8 aromatic rings. The van der Waals surface area contributed by atoms with Crippen molar-refractivity contribution in [2.45, 2.75) is 26.2 Å². The van der Waals surface area contributed by atoms with Gasteiger partial charge in [-0.05, 0) is 68.6 Å². The number of pyridine rings is 1. The zero-order chi connectivity index (χ0) is 28.2. The third-order valence-electron chi connectivity index (χ3n) is 8.85. The second-order valence-corrected chi connectivity index (χ2v) is 12.4. The highest BCUT2D eigenvalue weighted by molar-refractivity contribution is 6.20. The molecule has 3 aromatic heterocycles. The molecule has 0 radical (unpaired) electrons. The Kier molecular flexibility index (Phi) is 4.60. The number of fused-ring (bicyclic) bond motifs is 7. The van der Waals surface area contributed by atoms with Crippen LogP contribution in [0.3, 0.4) is 0 Å². The van der Waals surface area contributed by atoms with Crippen molar-refractivity contribution in [3.8, 4) is 44.8 Å². The zero-order valence-electron chi connectivity index (χ0n) is 23.7. The molecule has 0 fully saturated rings. The van der Waals surface area contributed by atoms with Crippen LogP contribution in [0.5, 0.6) is 0 Å². The Balaban J connectivity index is 1.19. The molecule has 0 spiro atoms. The fraction of sp³-hybridized carbons (Fsp3) is 0.103. The van der Waals surface area contributed by atoms with Gasteiger partial charge >= 0.3 is 0 Å². The van der Waals surface area contributed by atoms with Crippen LogP contribution < -0.4 is 0 Å². The molecule has 42 heavy (non-hydrogen) atoms. The molecule has 0 saturated heterocycles. The summed E-state index contributed by atoms with van der Waals surface area (Å²) in [5.41, 5.74) is 10.7. The van der Waals surface area contributed by atoms with Crippen molar-refractivity contribution in [2.75, 3.05) is 0 Å². The summed E-state index contributed by atoms with van der Waals surface area (Å²) in [5, 5.41) is 7.22. The largest absolute Gasteiger partial charge is 0.462 e. The summed E-state index contributed by atoms with van der Waals surface area (Å²) in [6, 6.07) is 34.8. The van der Waals surface area contributed by atoms with Crippen molar-refractivity contribution in [3.63, 3.8) is 0 Å². The Hall–Kier alpha value is -5.15. The molecule has 1 aliphatic rings. The molecule has 0 atom stereocenters. The van der Waals surface area contributed by atoms with E-state index in [4.69, 9.17) is 13.8 Å². The van der Waals surface area contributed by atoms with E-state index < -0.39 is 0 Å². The fourth-order valence-corrected chi connectivity index (χ4v) is 6.85. The van der Waals surface area contributed by atoms with Crippen molar-refractivity contribution in [3.05, 3.63) is 115 Å². The fourth-order valence-electron chi connectivity index (χ4n) is 6.85. The van der Waals surface area contributed by atoms with E-state index in [1.54, 1.807) is 0 Å². The number of hydrogen-bond acceptors (Lipinski definition) is 3. The van der Waals surface area contributed by atoms with Crippen LogP contribution in [0.15, 0.2) is 118 Å². The zero-order valence-corrected chi connectivity index (χ0v) is 23.7. The van der Waals surface area contributed by atoms with Crippen molar-refractivity contribution >= 4 is 43.5 Å². The summed E-state index contributed by atoms with van der Waals surface area (Å²) in [4.78, 5) is 4.83. The molecule has 3 heterocycles. The minimum absolute atomic E-state index is 0.00525. The Labute approximate surface area is 243 Å².